The summed E-state index contributed by atoms with van der Waals surface area (Å²) in [6.45, 7) is 2.04. The van der Waals surface area contributed by atoms with E-state index < -0.39 is 0 Å². The third-order valence-electron chi connectivity index (χ3n) is 2.57. The molecule has 15 heavy (non-hydrogen) atoms. The van der Waals surface area contributed by atoms with Gasteiger partial charge in [-0.3, -0.25) is 0 Å². The van der Waals surface area contributed by atoms with Crippen molar-refractivity contribution in [2.75, 3.05) is 13.1 Å². The monoisotopic (exact) mass is 225 g/mol. The lowest BCUT2D eigenvalue weighted by Crippen LogP contribution is -2.22. The van der Waals surface area contributed by atoms with Gasteiger partial charge in [-0.1, -0.05) is 29.3 Å². The lowest BCUT2D eigenvalue weighted by atomic mass is 10.0. The summed E-state index contributed by atoms with van der Waals surface area (Å²) in [5, 5.41) is 3.78. The molecule has 1 aliphatic rings. The second-order valence-corrected chi connectivity index (χ2v) is 4.13. The molecule has 3 heteroatoms. The third-order valence-corrected chi connectivity index (χ3v) is 2.90. The molecule has 80 valence electrons. The van der Waals surface area contributed by atoms with Crippen molar-refractivity contribution in [1.29, 1.82) is 0 Å². The van der Waals surface area contributed by atoms with Gasteiger partial charge >= 0.3 is 0 Å². The molecule has 1 aromatic rings. The molecule has 0 bridgehead atoms. The zero-order chi connectivity index (χ0) is 10.7. The first kappa shape index (κ1) is 10.7. The van der Waals surface area contributed by atoms with E-state index >= 15 is 0 Å². The maximum atomic E-state index is 12.8. The summed E-state index contributed by atoms with van der Waals surface area (Å²) in [6, 6.07) is 4.53. The fourth-order valence-corrected chi connectivity index (χ4v) is 1.95. The SMILES string of the molecule is Fc1ccc(C=C2CCNCC2)c(Cl)c1. The van der Waals surface area contributed by atoms with Gasteiger partial charge in [0.25, 0.3) is 0 Å². The Morgan fingerprint density at radius 1 is 1.27 bits per heavy atom. The predicted octanol–water partition coefficient (Wildman–Crippen LogP) is 3.25. The highest BCUT2D eigenvalue weighted by Gasteiger charge is 2.06. The minimum Gasteiger partial charge on any atom is -0.316 e. The summed E-state index contributed by atoms with van der Waals surface area (Å²) in [7, 11) is 0. The molecule has 1 N–H and O–H groups in total. The molecule has 0 saturated carbocycles. The maximum absolute atomic E-state index is 12.8. The van der Waals surface area contributed by atoms with Gasteiger partial charge in [0.05, 0.1) is 5.02 Å². The molecule has 1 aliphatic heterocycles. The van der Waals surface area contributed by atoms with Gasteiger partial charge in [-0.05, 0) is 43.6 Å². The first-order valence-electron chi connectivity index (χ1n) is 5.11. The van der Waals surface area contributed by atoms with E-state index in [1.54, 1.807) is 6.07 Å². The standard InChI is InChI=1S/C12H13ClFN/c13-12-8-11(14)2-1-10(12)7-9-3-5-15-6-4-9/h1-2,7-8,15H,3-6H2. The number of benzene rings is 1. The Bertz CT molecular complexity index is 379. The van der Waals surface area contributed by atoms with Crippen LogP contribution in [0.25, 0.3) is 6.08 Å². The molecule has 1 nitrogen and oxygen atoms in total. The number of hydrogen-bond donors (Lipinski definition) is 1. The highest BCUT2D eigenvalue weighted by molar-refractivity contribution is 6.32. The Morgan fingerprint density at radius 3 is 2.67 bits per heavy atom. The normalized spacial score (nSPS) is 16.5. The van der Waals surface area contributed by atoms with Crippen molar-refractivity contribution in [3.05, 3.63) is 40.2 Å². The van der Waals surface area contributed by atoms with Crippen LogP contribution >= 0.6 is 11.6 Å². The van der Waals surface area contributed by atoms with Crippen LogP contribution in [-0.4, -0.2) is 13.1 Å². The molecule has 0 atom stereocenters. The Hall–Kier alpha value is -0.860. The zero-order valence-corrected chi connectivity index (χ0v) is 9.15. The van der Waals surface area contributed by atoms with Crippen molar-refractivity contribution < 1.29 is 4.39 Å². The number of halogens is 2. The number of rotatable bonds is 1. The first-order chi connectivity index (χ1) is 7.25. The molecule has 1 aromatic carbocycles. The summed E-state index contributed by atoms with van der Waals surface area (Å²) >= 11 is 5.95. The van der Waals surface area contributed by atoms with Crippen LogP contribution in [0.2, 0.25) is 5.02 Å². The molecular weight excluding hydrogens is 213 g/mol. The van der Waals surface area contributed by atoms with Gasteiger partial charge in [-0.25, -0.2) is 4.39 Å². The average molecular weight is 226 g/mol. The summed E-state index contributed by atoms with van der Waals surface area (Å²) in [4.78, 5) is 0. The molecule has 0 aliphatic carbocycles. The lowest BCUT2D eigenvalue weighted by Gasteiger charge is -2.15. The van der Waals surface area contributed by atoms with Crippen LogP contribution in [0.1, 0.15) is 18.4 Å². The van der Waals surface area contributed by atoms with Gasteiger partial charge in [0.1, 0.15) is 5.82 Å². The molecule has 0 unspecified atom stereocenters. The smallest absolute Gasteiger partial charge is 0.124 e. The van der Waals surface area contributed by atoms with Crippen molar-refractivity contribution in [3.8, 4) is 0 Å². The third kappa shape index (κ3) is 2.80. The topological polar surface area (TPSA) is 12.0 Å². The number of piperidine rings is 1. The van der Waals surface area contributed by atoms with Gasteiger partial charge in [-0.2, -0.15) is 0 Å². The quantitative estimate of drug-likeness (QED) is 0.774. The van der Waals surface area contributed by atoms with E-state index in [1.165, 1.54) is 17.7 Å². The molecule has 0 spiro atoms. The maximum Gasteiger partial charge on any atom is 0.124 e. The molecule has 1 fully saturated rings. The van der Waals surface area contributed by atoms with Crippen LogP contribution < -0.4 is 5.32 Å². The van der Waals surface area contributed by atoms with Crippen LogP contribution in [0.5, 0.6) is 0 Å². The minimum absolute atomic E-state index is 0.285. The zero-order valence-electron chi connectivity index (χ0n) is 8.39. The summed E-state index contributed by atoms with van der Waals surface area (Å²) in [5.74, 6) is -0.285. The van der Waals surface area contributed by atoms with Gasteiger partial charge in [0.2, 0.25) is 0 Å². The average Bonchev–Trinajstić information content (AvgIpc) is 2.24. The number of nitrogens with one attached hydrogen (secondary N) is 1. The van der Waals surface area contributed by atoms with Crippen molar-refractivity contribution in [2.45, 2.75) is 12.8 Å². The molecule has 1 heterocycles. The second kappa shape index (κ2) is 4.77. The molecular formula is C12H13ClFN. The highest BCUT2D eigenvalue weighted by atomic mass is 35.5. The van der Waals surface area contributed by atoms with E-state index in [0.29, 0.717) is 5.02 Å². The van der Waals surface area contributed by atoms with Gasteiger partial charge < -0.3 is 5.32 Å². The Morgan fingerprint density at radius 2 is 2.00 bits per heavy atom. The largest absolute Gasteiger partial charge is 0.316 e. The van der Waals surface area contributed by atoms with E-state index in [2.05, 4.69) is 11.4 Å². The predicted molar refractivity (Wildman–Crippen MR) is 61.5 cm³/mol. The fourth-order valence-electron chi connectivity index (χ4n) is 1.73. The van der Waals surface area contributed by atoms with Gasteiger partial charge in [0.15, 0.2) is 0 Å². The summed E-state index contributed by atoms with van der Waals surface area (Å²) in [5.41, 5.74) is 2.29. The minimum atomic E-state index is -0.285. The Kier molecular flexibility index (Phi) is 3.39. The summed E-state index contributed by atoms with van der Waals surface area (Å²) in [6.07, 6.45) is 4.17. The van der Waals surface area contributed by atoms with Crippen LogP contribution in [-0.2, 0) is 0 Å². The van der Waals surface area contributed by atoms with Crippen LogP contribution in [0.3, 0.4) is 0 Å². The van der Waals surface area contributed by atoms with E-state index in [-0.39, 0.29) is 5.82 Å². The Balaban J connectivity index is 2.22. The van der Waals surface area contributed by atoms with Crippen molar-refractivity contribution in [1.82, 2.24) is 5.32 Å². The van der Waals surface area contributed by atoms with Crippen LogP contribution in [0, 0.1) is 5.82 Å². The molecule has 0 amide bonds. The number of hydrogen-bond acceptors (Lipinski definition) is 1. The van der Waals surface area contributed by atoms with Crippen LogP contribution in [0.4, 0.5) is 4.39 Å². The second-order valence-electron chi connectivity index (χ2n) is 3.72. The van der Waals surface area contributed by atoms with E-state index in [1.807, 2.05) is 0 Å². The fraction of sp³-hybridized carbons (Fsp3) is 0.333. The molecule has 1 saturated heterocycles. The Labute approximate surface area is 93.9 Å². The van der Waals surface area contributed by atoms with Gasteiger partial charge in [0, 0.05) is 0 Å². The van der Waals surface area contributed by atoms with E-state index in [0.717, 1.165) is 31.5 Å². The van der Waals surface area contributed by atoms with Gasteiger partial charge in [-0.15, -0.1) is 0 Å². The first-order valence-corrected chi connectivity index (χ1v) is 5.49. The van der Waals surface area contributed by atoms with Crippen LogP contribution in [0.15, 0.2) is 23.8 Å². The van der Waals surface area contributed by atoms with E-state index in [9.17, 15) is 4.39 Å². The molecule has 0 radical (unpaired) electrons. The van der Waals surface area contributed by atoms with Crippen molar-refractivity contribution in [2.24, 2.45) is 0 Å². The van der Waals surface area contributed by atoms with Crippen molar-refractivity contribution in [3.63, 3.8) is 0 Å². The van der Waals surface area contributed by atoms with Crippen molar-refractivity contribution >= 4 is 17.7 Å². The summed E-state index contributed by atoms with van der Waals surface area (Å²) < 4.78 is 12.8. The van der Waals surface area contributed by atoms with E-state index in [4.69, 9.17) is 11.6 Å². The molecule has 2 rings (SSSR count). The highest BCUT2D eigenvalue weighted by Crippen LogP contribution is 2.22. The molecule has 0 aromatic heterocycles. The lowest BCUT2D eigenvalue weighted by molar-refractivity contribution is 0.613.